The van der Waals surface area contributed by atoms with E-state index in [-0.39, 0.29) is 12.2 Å². The average Bonchev–Trinajstić information content (AvgIpc) is 2.45. The van der Waals surface area contributed by atoms with Crippen LogP contribution in [-0.2, 0) is 19.6 Å². The van der Waals surface area contributed by atoms with Gasteiger partial charge in [0.15, 0.2) is 5.78 Å². The van der Waals surface area contributed by atoms with E-state index >= 15 is 0 Å². The van der Waals surface area contributed by atoms with Crippen LogP contribution in [0.3, 0.4) is 0 Å². The zero-order chi connectivity index (χ0) is 18.5. The van der Waals surface area contributed by atoms with E-state index in [0.29, 0.717) is 5.56 Å². The smallest absolute Gasteiger partial charge is 0.324 e. The van der Waals surface area contributed by atoms with Crippen molar-refractivity contribution in [2.45, 2.75) is 57.9 Å². The number of hydrogen-bond donors (Lipinski definition) is 1. The van der Waals surface area contributed by atoms with Gasteiger partial charge in [-0.2, -0.15) is 0 Å². The Kier molecular flexibility index (Phi) is 6.68. The summed E-state index contributed by atoms with van der Waals surface area (Å²) in [7, 11) is -3.81. The molecule has 0 heterocycles. The fourth-order valence-corrected chi connectivity index (χ4v) is 2.69. The molecule has 0 saturated heterocycles. The topological polar surface area (TPSA) is 89.5 Å². The second kappa shape index (κ2) is 7.90. The maximum atomic E-state index is 12.3. The Balaban J connectivity index is 3.02. The second-order valence-electron chi connectivity index (χ2n) is 6.77. The number of Topliss-reactive ketones (excluding diaryl/α,β-unsaturated/α-hetero) is 1. The van der Waals surface area contributed by atoms with Crippen molar-refractivity contribution in [3.8, 4) is 0 Å². The molecule has 0 amide bonds. The second-order valence-corrected chi connectivity index (χ2v) is 9.23. The average molecular weight is 355 g/mol. The predicted molar refractivity (Wildman–Crippen MR) is 92.2 cm³/mol. The molecule has 24 heavy (non-hydrogen) atoms. The van der Waals surface area contributed by atoms with E-state index < -0.39 is 32.9 Å². The first-order chi connectivity index (χ1) is 10.9. The lowest BCUT2D eigenvalue weighted by molar-refractivity contribution is -0.149. The molecule has 1 aromatic rings. The third kappa shape index (κ3) is 5.72. The number of esters is 1. The number of benzene rings is 1. The van der Waals surface area contributed by atoms with E-state index in [1.807, 2.05) is 0 Å². The minimum atomic E-state index is -3.81. The summed E-state index contributed by atoms with van der Waals surface area (Å²) in [6, 6.07) is 7.15. The Morgan fingerprint density at radius 1 is 1.12 bits per heavy atom. The van der Waals surface area contributed by atoms with Gasteiger partial charge in [0, 0.05) is 12.0 Å². The molecule has 0 radical (unpaired) electrons. The molecule has 0 aliphatic rings. The molecule has 0 aliphatic heterocycles. The van der Waals surface area contributed by atoms with Crippen LogP contribution in [0.2, 0.25) is 0 Å². The van der Waals surface area contributed by atoms with Crippen LogP contribution in [0.4, 0.5) is 0 Å². The monoisotopic (exact) mass is 355 g/mol. The lowest BCUT2D eigenvalue weighted by Gasteiger charge is -2.24. The molecular weight excluding hydrogens is 330 g/mol. The van der Waals surface area contributed by atoms with Crippen molar-refractivity contribution >= 4 is 21.8 Å². The van der Waals surface area contributed by atoms with Crippen molar-refractivity contribution in [1.82, 2.24) is 4.72 Å². The molecule has 0 aromatic heterocycles. The quantitative estimate of drug-likeness (QED) is 0.599. The molecule has 0 spiro atoms. The number of ketones is 1. The summed E-state index contributed by atoms with van der Waals surface area (Å²) >= 11 is 0. The van der Waals surface area contributed by atoms with E-state index in [4.69, 9.17) is 4.74 Å². The molecule has 0 aliphatic carbocycles. The Labute approximate surface area is 143 Å². The standard InChI is InChI=1S/C17H25NO5S/c1-12(2)23-16(20)14(18-24(21,22)17(3,4)5)11-15(19)13-9-7-6-8-10-13/h6-10,12,14,18H,11H2,1-5H3/t14-/m1/s1. The fraction of sp³-hybridized carbons (Fsp3) is 0.529. The summed E-state index contributed by atoms with van der Waals surface area (Å²) in [6.07, 6.45) is -0.712. The number of ether oxygens (including phenoxy) is 1. The summed E-state index contributed by atoms with van der Waals surface area (Å²) < 4.78 is 31.0. The van der Waals surface area contributed by atoms with Gasteiger partial charge in [-0.3, -0.25) is 9.59 Å². The molecule has 0 fully saturated rings. The summed E-state index contributed by atoms with van der Waals surface area (Å²) in [5, 5.41) is 0. The minimum Gasteiger partial charge on any atom is -0.462 e. The zero-order valence-electron chi connectivity index (χ0n) is 14.7. The molecule has 0 unspecified atom stereocenters. The van der Waals surface area contributed by atoms with Crippen LogP contribution in [0, 0.1) is 0 Å². The molecule has 1 N–H and O–H groups in total. The van der Waals surface area contributed by atoms with Gasteiger partial charge in [-0.15, -0.1) is 0 Å². The van der Waals surface area contributed by atoms with Crippen LogP contribution in [0.25, 0.3) is 0 Å². The van der Waals surface area contributed by atoms with Gasteiger partial charge >= 0.3 is 5.97 Å². The van der Waals surface area contributed by atoms with Crippen molar-refractivity contribution < 1.29 is 22.7 Å². The lowest BCUT2D eigenvalue weighted by Crippen LogP contribution is -2.49. The largest absolute Gasteiger partial charge is 0.462 e. The number of nitrogens with one attached hydrogen (secondary N) is 1. The van der Waals surface area contributed by atoms with Gasteiger partial charge in [0.25, 0.3) is 0 Å². The van der Waals surface area contributed by atoms with Crippen molar-refractivity contribution in [3.63, 3.8) is 0 Å². The highest BCUT2D eigenvalue weighted by atomic mass is 32.2. The van der Waals surface area contributed by atoms with Crippen molar-refractivity contribution in [1.29, 1.82) is 0 Å². The van der Waals surface area contributed by atoms with Crippen molar-refractivity contribution in [2.24, 2.45) is 0 Å². The number of carbonyl (C=O) groups excluding carboxylic acids is 2. The van der Waals surface area contributed by atoms with Gasteiger partial charge in [0.05, 0.1) is 10.9 Å². The number of hydrogen-bond acceptors (Lipinski definition) is 5. The van der Waals surface area contributed by atoms with E-state index in [1.165, 1.54) is 20.8 Å². The SMILES string of the molecule is CC(C)OC(=O)[C@@H](CC(=O)c1ccccc1)NS(=O)(=O)C(C)(C)C. The molecule has 134 valence electrons. The highest BCUT2D eigenvalue weighted by molar-refractivity contribution is 7.90. The number of sulfonamides is 1. The summed E-state index contributed by atoms with van der Waals surface area (Å²) in [5.41, 5.74) is 0.412. The van der Waals surface area contributed by atoms with Gasteiger partial charge in [-0.25, -0.2) is 13.1 Å². The predicted octanol–water partition coefficient (Wildman–Crippen LogP) is 2.30. The van der Waals surface area contributed by atoms with Crippen LogP contribution < -0.4 is 4.72 Å². The van der Waals surface area contributed by atoms with Crippen LogP contribution >= 0.6 is 0 Å². The van der Waals surface area contributed by atoms with Gasteiger partial charge in [0.2, 0.25) is 10.0 Å². The third-order valence-electron chi connectivity index (χ3n) is 3.23. The van der Waals surface area contributed by atoms with Gasteiger partial charge in [-0.05, 0) is 34.6 Å². The van der Waals surface area contributed by atoms with Crippen LogP contribution in [0.5, 0.6) is 0 Å². The summed E-state index contributed by atoms with van der Waals surface area (Å²) in [5.74, 6) is -1.10. The van der Waals surface area contributed by atoms with E-state index in [2.05, 4.69) is 4.72 Å². The maximum Gasteiger partial charge on any atom is 0.324 e. The molecule has 1 atom stereocenters. The normalized spacial score (nSPS) is 13.6. The molecule has 1 aromatic carbocycles. The first-order valence-electron chi connectivity index (χ1n) is 7.74. The van der Waals surface area contributed by atoms with E-state index in [9.17, 15) is 18.0 Å². The fourth-order valence-electron chi connectivity index (χ4n) is 1.78. The third-order valence-corrected chi connectivity index (χ3v) is 5.43. The molecule has 1 rings (SSSR count). The molecule has 7 heteroatoms. The minimum absolute atomic E-state index is 0.301. The van der Waals surface area contributed by atoms with Gasteiger partial charge in [-0.1, -0.05) is 30.3 Å². The first-order valence-corrected chi connectivity index (χ1v) is 9.23. The zero-order valence-corrected chi connectivity index (χ0v) is 15.5. The van der Waals surface area contributed by atoms with E-state index in [0.717, 1.165) is 0 Å². The Hall–Kier alpha value is -1.73. The van der Waals surface area contributed by atoms with Crippen molar-refractivity contribution in [2.75, 3.05) is 0 Å². The van der Waals surface area contributed by atoms with Crippen molar-refractivity contribution in [3.05, 3.63) is 35.9 Å². The molecule has 0 saturated carbocycles. The van der Waals surface area contributed by atoms with Crippen LogP contribution in [0.1, 0.15) is 51.4 Å². The highest BCUT2D eigenvalue weighted by Gasteiger charge is 2.35. The van der Waals surface area contributed by atoms with E-state index in [1.54, 1.807) is 44.2 Å². The Morgan fingerprint density at radius 3 is 2.12 bits per heavy atom. The van der Waals surface area contributed by atoms with Gasteiger partial charge < -0.3 is 4.74 Å². The Bertz CT molecular complexity index is 675. The number of rotatable bonds is 7. The van der Waals surface area contributed by atoms with Crippen LogP contribution in [-0.4, -0.2) is 37.1 Å². The first kappa shape index (κ1) is 20.3. The Morgan fingerprint density at radius 2 is 1.67 bits per heavy atom. The number of carbonyl (C=O) groups is 2. The molecule has 0 bridgehead atoms. The molecule has 6 nitrogen and oxygen atoms in total. The molecular formula is C17H25NO5S. The van der Waals surface area contributed by atoms with Crippen LogP contribution in [0.15, 0.2) is 30.3 Å². The van der Waals surface area contributed by atoms with Gasteiger partial charge in [0.1, 0.15) is 6.04 Å². The summed E-state index contributed by atoms with van der Waals surface area (Å²) in [4.78, 5) is 24.6. The lowest BCUT2D eigenvalue weighted by atomic mass is 10.0. The summed E-state index contributed by atoms with van der Waals surface area (Å²) in [6.45, 7) is 7.86. The maximum absolute atomic E-state index is 12.3. The highest BCUT2D eigenvalue weighted by Crippen LogP contribution is 2.16.